The summed E-state index contributed by atoms with van der Waals surface area (Å²) >= 11 is 5.86. The Balaban J connectivity index is 2.13. The van der Waals surface area contributed by atoms with Gasteiger partial charge in [-0.3, -0.25) is 9.59 Å². The molecule has 0 radical (unpaired) electrons. The molecular weight excluding hydrogens is 394 g/mol. The summed E-state index contributed by atoms with van der Waals surface area (Å²) in [4.78, 5) is 23.1. The molecule has 2 rings (SSSR count). The number of benzene rings is 2. The minimum atomic E-state index is -4.06. The van der Waals surface area contributed by atoms with Crippen molar-refractivity contribution in [2.45, 2.75) is 17.9 Å². The summed E-state index contributed by atoms with van der Waals surface area (Å²) in [5.74, 6) is -1.09. The van der Waals surface area contributed by atoms with Gasteiger partial charge in [-0.05, 0) is 49.4 Å². The molecule has 8 nitrogen and oxygen atoms in total. The van der Waals surface area contributed by atoms with Crippen molar-refractivity contribution in [1.82, 2.24) is 4.72 Å². The number of hydrogen-bond donors (Lipinski definition) is 3. The Labute approximate surface area is 161 Å². The molecule has 2 amide bonds. The smallest absolute Gasteiger partial charge is 0.248 e. The van der Waals surface area contributed by atoms with E-state index in [4.69, 9.17) is 22.1 Å². The molecule has 1 atom stereocenters. The molecule has 0 saturated heterocycles. The number of anilines is 1. The van der Waals surface area contributed by atoms with Crippen molar-refractivity contribution in [1.29, 1.82) is 0 Å². The molecule has 0 aromatic heterocycles. The fraction of sp³-hybridized carbons (Fsp3) is 0.176. The molecule has 2 aromatic rings. The molecule has 144 valence electrons. The van der Waals surface area contributed by atoms with Crippen molar-refractivity contribution >= 4 is 39.1 Å². The second-order valence-electron chi connectivity index (χ2n) is 5.57. The van der Waals surface area contributed by atoms with Gasteiger partial charge in [0.25, 0.3) is 0 Å². The Morgan fingerprint density at radius 2 is 1.78 bits per heavy atom. The van der Waals surface area contributed by atoms with E-state index in [0.717, 1.165) is 0 Å². The number of methoxy groups -OCH3 is 1. The van der Waals surface area contributed by atoms with Crippen LogP contribution >= 0.6 is 11.6 Å². The van der Waals surface area contributed by atoms with Gasteiger partial charge in [-0.2, -0.15) is 4.72 Å². The van der Waals surface area contributed by atoms with E-state index in [1.54, 1.807) is 0 Å². The van der Waals surface area contributed by atoms with Crippen molar-refractivity contribution in [3.8, 4) is 5.75 Å². The number of ether oxygens (including phenoxy) is 1. The molecule has 2 aromatic carbocycles. The number of carbonyl (C=O) groups is 2. The van der Waals surface area contributed by atoms with Crippen molar-refractivity contribution in [3.05, 3.63) is 53.1 Å². The average molecular weight is 412 g/mol. The summed E-state index contributed by atoms with van der Waals surface area (Å²) in [5, 5.41) is 2.76. The number of rotatable bonds is 7. The van der Waals surface area contributed by atoms with Crippen LogP contribution in [0.5, 0.6) is 5.75 Å². The first kappa shape index (κ1) is 20.7. The highest BCUT2D eigenvalue weighted by atomic mass is 35.5. The van der Waals surface area contributed by atoms with Crippen LogP contribution in [0.2, 0.25) is 5.02 Å². The van der Waals surface area contributed by atoms with Crippen LogP contribution in [0, 0.1) is 0 Å². The van der Waals surface area contributed by atoms with E-state index in [9.17, 15) is 18.0 Å². The van der Waals surface area contributed by atoms with E-state index in [0.29, 0.717) is 5.69 Å². The fourth-order valence-corrected chi connectivity index (χ4v) is 3.81. The van der Waals surface area contributed by atoms with E-state index in [2.05, 4.69) is 10.0 Å². The Kier molecular flexibility index (Phi) is 6.42. The third-order valence-electron chi connectivity index (χ3n) is 3.58. The molecule has 27 heavy (non-hydrogen) atoms. The Bertz CT molecular complexity index is 961. The zero-order chi connectivity index (χ0) is 20.2. The predicted octanol–water partition coefficient (Wildman–Crippen LogP) is 1.75. The molecule has 4 N–H and O–H groups in total. The molecule has 0 aliphatic rings. The number of hydrogen-bond acceptors (Lipinski definition) is 5. The van der Waals surface area contributed by atoms with Crippen LogP contribution in [-0.4, -0.2) is 33.4 Å². The summed E-state index contributed by atoms with van der Waals surface area (Å²) in [6.45, 7) is 1.39. The van der Waals surface area contributed by atoms with Crippen LogP contribution < -0.4 is 20.5 Å². The van der Waals surface area contributed by atoms with Gasteiger partial charge in [-0.15, -0.1) is 0 Å². The maximum absolute atomic E-state index is 12.6. The van der Waals surface area contributed by atoms with E-state index < -0.39 is 27.9 Å². The third-order valence-corrected chi connectivity index (χ3v) is 5.37. The Morgan fingerprint density at radius 3 is 2.33 bits per heavy atom. The normalized spacial score (nSPS) is 12.3. The van der Waals surface area contributed by atoms with Gasteiger partial charge in [-0.25, -0.2) is 8.42 Å². The number of sulfonamides is 1. The summed E-state index contributed by atoms with van der Waals surface area (Å²) in [6, 6.07) is 8.92. The van der Waals surface area contributed by atoms with Crippen molar-refractivity contribution in [2.24, 2.45) is 5.73 Å². The topological polar surface area (TPSA) is 128 Å². The summed E-state index contributed by atoms with van der Waals surface area (Å²) in [7, 11) is -2.73. The first-order valence-electron chi connectivity index (χ1n) is 7.70. The number of carbonyl (C=O) groups excluding carboxylic acids is 2. The predicted molar refractivity (Wildman–Crippen MR) is 101 cm³/mol. The molecule has 0 heterocycles. The van der Waals surface area contributed by atoms with E-state index >= 15 is 0 Å². The van der Waals surface area contributed by atoms with Gasteiger partial charge in [0.05, 0.1) is 13.2 Å². The average Bonchev–Trinajstić information content (AvgIpc) is 2.61. The van der Waals surface area contributed by atoms with Crippen LogP contribution in [-0.2, 0) is 14.8 Å². The number of amides is 2. The number of nitrogens with one attached hydrogen (secondary N) is 2. The lowest BCUT2D eigenvalue weighted by Gasteiger charge is -2.16. The second kappa shape index (κ2) is 8.38. The molecule has 0 bridgehead atoms. The minimum Gasteiger partial charge on any atom is -0.495 e. The van der Waals surface area contributed by atoms with Gasteiger partial charge < -0.3 is 15.8 Å². The van der Waals surface area contributed by atoms with E-state index in [1.165, 1.54) is 56.5 Å². The van der Waals surface area contributed by atoms with Gasteiger partial charge in [0, 0.05) is 16.3 Å². The first-order chi connectivity index (χ1) is 12.6. The third kappa shape index (κ3) is 5.19. The van der Waals surface area contributed by atoms with Gasteiger partial charge in [-0.1, -0.05) is 11.6 Å². The molecule has 0 unspecified atom stereocenters. The highest BCUT2D eigenvalue weighted by Gasteiger charge is 2.25. The van der Waals surface area contributed by atoms with Crippen molar-refractivity contribution < 1.29 is 22.7 Å². The monoisotopic (exact) mass is 411 g/mol. The Hall–Kier alpha value is -2.62. The lowest BCUT2D eigenvalue weighted by atomic mass is 10.2. The Morgan fingerprint density at radius 1 is 1.15 bits per heavy atom. The van der Waals surface area contributed by atoms with Gasteiger partial charge in [0.15, 0.2) is 0 Å². The summed E-state index contributed by atoms with van der Waals surface area (Å²) in [6.07, 6.45) is 0. The second-order valence-corrected chi connectivity index (χ2v) is 7.69. The van der Waals surface area contributed by atoms with E-state index in [1.807, 2.05) is 0 Å². The largest absolute Gasteiger partial charge is 0.495 e. The SMILES string of the molecule is COc1ccc(Cl)cc1S(=O)(=O)N[C@H](C)C(=O)Nc1ccc(C(N)=O)cc1. The first-order valence-corrected chi connectivity index (χ1v) is 9.57. The van der Waals surface area contributed by atoms with Crippen LogP contribution in [0.4, 0.5) is 5.69 Å². The lowest BCUT2D eigenvalue weighted by Crippen LogP contribution is -2.41. The highest BCUT2D eigenvalue weighted by Crippen LogP contribution is 2.27. The van der Waals surface area contributed by atoms with Crippen LogP contribution in [0.3, 0.4) is 0 Å². The van der Waals surface area contributed by atoms with Crippen LogP contribution in [0.1, 0.15) is 17.3 Å². The number of halogens is 1. The lowest BCUT2D eigenvalue weighted by molar-refractivity contribution is -0.117. The standard InChI is InChI=1S/C17H18ClN3O5S/c1-10(17(23)20-13-6-3-11(4-7-13)16(19)22)21-27(24,25)15-9-12(18)5-8-14(15)26-2/h3-10,21H,1-2H3,(H2,19,22)(H,20,23)/t10-/m1/s1. The van der Waals surface area contributed by atoms with Crippen molar-refractivity contribution in [2.75, 3.05) is 12.4 Å². The van der Waals surface area contributed by atoms with Gasteiger partial charge >= 0.3 is 0 Å². The van der Waals surface area contributed by atoms with Crippen LogP contribution in [0.15, 0.2) is 47.4 Å². The van der Waals surface area contributed by atoms with Gasteiger partial charge in [0.2, 0.25) is 21.8 Å². The maximum atomic E-state index is 12.6. The minimum absolute atomic E-state index is 0.0987. The summed E-state index contributed by atoms with van der Waals surface area (Å²) < 4.78 is 32.5. The molecule has 0 saturated carbocycles. The molecular formula is C17H18ClN3O5S. The number of primary amides is 1. The zero-order valence-corrected chi connectivity index (χ0v) is 16.1. The molecule has 0 fully saturated rings. The van der Waals surface area contributed by atoms with Gasteiger partial charge in [0.1, 0.15) is 10.6 Å². The van der Waals surface area contributed by atoms with Crippen LogP contribution in [0.25, 0.3) is 0 Å². The quantitative estimate of drug-likeness (QED) is 0.639. The van der Waals surface area contributed by atoms with Crippen molar-refractivity contribution in [3.63, 3.8) is 0 Å². The summed E-state index contributed by atoms with van der Waals surface area (Å²) in [5.41, 5.74) is 5.82. The highest BCUT2D eigenvalue weighted by molar-refractivity contribution is 7.89. The fourth-order valence-electron chi connectivity index (χ4n) is 2.18. The zero-order valence-electron chi connectivity index (χ0n) is 14.5. The molecule has 0 aliphatic heterocycles. The molecule has 0 spiro atoms. The van der Waals surface area contributed by atoms with E-state index in [-0.39, 0.29) is 21.2 Å². The number of nitrogens with two attached hydrogens (primary N) is 1. The maximum Gasteiger partial charge on any atom is 0.248 e. The molecule has 0 aliphatic carbocycles. The molecule has 10 heteroatoms.